The van der Waals surface area contributed by atoms with Crippen LogP contribution in [0.15, 0.2) is 30.3 Å². The molecule has 0 aromatic heterocycles. The molecule has 0 spiro atoms. The molecule has 3 heteroatoms. The summed E-state index contributed by atoms with van der Waals surface area (Å²) in [4.78, 5) is 12.0. The molecule has 2 atom stereocenters. The van der Waals surface area contributed by atoms with Crippen LogP contribution < -0.4 is 0 Å². The van der Waals surface area contributed by atoms with Gasteiger partial charge in [0.25, 0.3) is 0 Å². The number of hydrogen-bond donors (Lipinski definition) is 0. The fourth-order valence-corrected chi connectivity index (χ4v) is 2.71. The molecule has 2 rings (SSSR count). The summed E-state index contributed by atoms with van der Waals surface area (Å²) in [5, 5.41) is 0.573. The fourth-order valence-electron chi connectivity index (χ4n) is 1.72. The first-order chi connectivity index (χ1) is 7.68. The standard InChI is InChI=1S/C13H16NOS/c1-10-11(2)16-9-14(10)8-13(15)12-6-4-3-5-7-12/h3-7,9-11H,8H2,1-2H3/q+1. The van der Waals surface area contributed by atoms with Gasteiger partial charge in [-0.05, 0) is 13.8 Å². The molecule has 1 aliphatic heterocycles. The Hall–Kier alpha value is -1.09. The quantitative estimate of drug-likeness (QED) is 0.591. The highest BCUT2D eigenvalue weighted by atomic mass is 32.2. The van der Waals surface area contributed by atoms with Gasteiger partial charge in [0.1, 0.15) is 0 Å². The van der Waals surface area contributed by atoms with Crippen LogP contribution in [0.1, 0.15) is 24.2 Å². The van der Waals surface area contributed by atoms with Crippen LogP contribution in [0, 0.1) is 0 Å². The molecule has 84 valence electrons. The molecular weight excluding hydrogens is 218 g/mol. The summed E-state index contributed by atoms with van der Waals surface area (Å²) in [5.74, 6) is 0.193. The highest BCUT2D eigenvalue weighted by molar-refractivity contribution is 8.12. The first kappa shape index (κ1) is 11.4. The zero-order valence-electron chi connectivity index (χ0n) is 9.59. The second kappa shape index (κ2) is 4.83. The molecule has 0 aliphatic carbocycles. The van der Waals surface area contributed by atoms with Gasteiger partial charge in [0.05, 0.1) is 5.25 Å². The Bertz CT molecular complexity index is 413. The summed E-state index contributed by atoms with van der Waals surface area (Å²) < 4.78 is 2.13. The zero-order chi connectivity index (χ0) is 11.5. The lowest BCUT2D eigenvalue weighted by Gasteiger charge is -2.07. The number of thioether (sulfide) groups is 1. The van der Waals surface area contributed by atoms with E-state index in [4.69, 9.17) is 0 Å². The Balaban J connectivity index is 2.04. The predicted octanol–water partition coefficient (Wildman–Crippen LogP) is 2.43. The van der Waals surface area contributed by atoms with Crippen LogP contribution in [0.5, 0.6) is 0 Å². The summed E-state index contributed by atoms with van der Waals surface area (Å²) in [6.45, 7) is 4.85. The minimum Gasteiger partial charge on any atom is -0.287 e. The Kier molecular flexibility index (Phi) is 3.44. The average molecular weight is 234 g/mol. The predicted molar refractivity (Wildman–Crippen MR) is 68.5 cm³/mol. The summed E-state index contributed by atoms with van der Waals surface area (Å²) in [7, 11) is 0. The second-order valence-corrected chi connectivity index (χ2v) is 5.38. The Labute approximate surface area is 100 Å². The summed E-state index contributed by atoms with van der Waals surface area (Å²) in [6.07, 6.45) is 0. The molecule has 0 bridgehead atoms. The Morgan fingerprint density at radius 1 is 1.31 bits per heavy atom. The maximum absolute atomic E-state index is 12.0. The van der Waals surface area contributed by atoms with Crippen molar-refractivity contribution in [3.8, 4) is 0 Å². The van der Waals surface area contributed by atoms with Crippen molar-refractivity contribution in [1.82, 2.24) is 0 Å². The van der Waals surface area contributed by atoms with Gasteiger partial charge in [0.2, 0.25) is 12.3 Å². The molecule has 2 nitrogen and oxygen atoms in total. The van der Waals surface area contributed by atoms with Gasteiger partial charge in [-0.3, -0.25) is 4.79 Å². The monoisotopic (exact) mass is 234 g/mol. The van der Waals surface area contributed by atoms with E-state index in [0.29, 0.717) is 17.8 Å². The largest absolute Gasteiger partial charge is 0.287 e. The average Bonchev–Trinajstić information content (AvgIpc) is 2.62. The highest BCUT2D eigenvalue weighted by Gasteiger charge is 2.31. The maximum atomic E-state index is 12.0. The molecule has 1 aromatic carbocycles. The van der Waals surface area contributed by atoms with Gasteiger partial charge in [0.15, 0.2) is 11.6 Å². The van der Waals surface area contributed by atoms with E-state index in [1.807, 2.05) is 30.3 Å². The third kappa shape index (κ3) is 2.35. The molecule has 0 saturated carbocycles. The SMILES string of the molecule is CC1SC=[N+](CC(=O)c2ccccc2)C1C. The summed E-state index contributed by atoms with van der Waals surface area (Å²) in [6, 6.07) is 9.93. The molecule has 0 N–H and O–H groups in total. The maximum Gasteiger partial charge on any atom is 0.227 e. The molecule has 0 fully saturated rings. The van der Waals surface area contributed by atoms with Gasteiger partial charge in [-0.1, -0.05) is 42.1 Å². The van der Waals surface area contributed by atoms with E-state index in [1.165, 1.54) is 0 Å². The summed E-state index contributed by atoms with van der Waals surface area (Å²) in [5.41, 5.74) is 2.88. The first-order valence-corrected chi connectivity index (χ1v) is 6.45. The number of Topliss-reactive ketones (excluding diaryl/α,β-unsaturated/α-hetero) is 1. The van der Waals surface area contributed by atoms with Crippen molar-refractivity contribution in [3.63, 3.8) is 0 Å². The Morgan fingerprint density at radius 3 is 2.56 bits per heavy atom. The van der Waals surface area contributed by atoms with Gasteiger partial charge in [-0.2, -0.15) is 0 Å². The van der Waals surface area contributed by atoms with Gasteiger partial charge in [-0.15, -0.1) is 0 Å². The lowest BCUT2D eigenvalue weighted by atomic mass is 10.1. The van der Waals surface area contributed by atoms with Gasteiger partial charge in [-0.25, -0.2) is 4.58 Å². The van der Waals surface area contributed by atoms with E-state index in [9.17, 15) is 4.79 Å². The number of ketones is 1. The third-order valence-corrected chi connectivity index (χ3v) is 4.25. The van der Waals surface area contributed by atoms with Crippen LogP contribution in [0.4, 0.5) is 0 Å². The Morgan fingerprint density at radius 2 is 2.00 bits per heavy atom. The molecule has 1 heterocycles. The van der Waals surface area contributed by atoms with Crippen LogP contribution in [-0.4, -0.2) is 33.7 Å². The second-order valence-electron chi connectivity index (χ2n) is 4.15. The lowest BCUT2D eigenvalue weighted by Crippen LogP contribution is -2.30. The van der Waals surface area contributed by atoms with E-state index in [-0.39, 0.29) is 5.78 Å². The van der Waals surface area contributed by atoms with Crippen LogP contribution in [0.25, 0.3) is 0 Å². The normalized spacial score (nSPS) is 24.2. The van der Waals surface area contributed by atoms with Crippen LogP contribution in [0.3, 0.4) is 0 Å². The van der Waals surface area contributed by atoms with E-state index < -0.39 is 0 Å². The van der Waals surface area contributed by atoms with E-state index in [1.54, 1.807) is 11.8 Å². The number of carbonyl (C=O) groups is 1. The smallest absolute Gasteiger partial charge is 0.227 e. The van der Waals surface area contributed by atoms with Crippen molar-refractivity contribution < 1.29 is 9.37 Å². The van der Waals surface area contributed by atoms with Crippen molar-refractivity contribution in [2.24, 2.45) is 0 Å². The summed E-state index contributed by atoms with van der Waals surface area (Å²) >= 11 is 1.80. The van der Waals surface area contributed by atoms with E-state index >= 15 is 0 Å². The van der Waals surface area contributed by atoms with E-state index in [0.717, 1.165) is 5.56 Å². The number of hydrogen-bond acceptors (Lipinski definition) is 2. The molecular formula is C13H16NOS+. The molecule has 0 saturated heterocycles. The third-order valence-electron chi connectivity index (χ3n) is 3.04. The van der Waals surface area contributed by atoms with E-state index in [2.05, 4.69) is 24.0 Å². The number of nitrogens with zero attached hydrogens (tertiary/aromatic N) is 1. The van der Waals surface area contributed by atoms with Crippen molar-refractivity contribution in [1.29, 1.82) is 0 Å². The van der Waals surface area contributed by atoms with Gasteiger partial charge >= 0.3 is 0 Å². The first-order valence-electron chi connectivity index (χ1n) is 5.51. The van der Waals surface area contributed by atoms with Crippen molar-refractivity contribution in [3.05, 3.63) is 35.9 Å². The van der Waals surface area contributed by atoms with Crippen molar-refractivity contribution in [2.75, 3.05) is 6.54 Å². The number of benzene rings is 1. The minimum atomic E-state index is 0.193. The molecule has 2 unspecified atom stereocenters. The fraction of sp³-hybridized carbons (Fsp3) is 0.385. The number of carbonyl (C=O) groups excluding carboxylic acids is 1. The van der Waals surface area contributed by atoms with Crippen LogP contribution in [-0.2, 0) is 0 Å². The molecule has 1 aliphatic rings. The van der Waals surface area contributed by atoms with Crippen molar-refractivity contribution in [2.45, 2.75) is 25.1 Å². The lowest BCUT2D eigenvalue weighted by molar-refractivity contribution is -0.539. The zero-order valence-corrected chi connectivity index (χ0v) is 10.4. The number of rotatable bonds is 3. The van der Waals surface area contributed by atoms with Crippen LogP contribution >= 0.6 is 11.8 Å². The van der Waals surface area contributed by atoms with Crippen molar-refractivity contribution >= 4 is 23.1 Å². The van der Waals surface area contributed by atoms with Gasteiger partial charge < -0.3 is 0 Å². The minimum absolute atomic E-state index is 0.193. The molecule has 0 radical (unpaired) electrons. The topological polar surface area (TPSA) is 20.1 Å². The van der Waals surface area contributed by atoms with Crippen LogP contribution in [0.2, 0.25) is 0 Å². The highest BCUT2D eigenvalue weighted by Crippen LogP contribution is 2.20. The van der Waals surface area contributed by atoms with Gasteiger partial charge in [0, 0.05) is 5.56 Å². The molecule has 0 amide bonds. The molecule has 16 heavy (non-hydrogen) atoms. The molecule has 1 aromatic rings.